The predicted octanol–water partition coefficient (Wildman–Crippen LogP) is 2.79. The van der Waals surface area contributed by atoms with E-state index in [2.05, 4.69) is 0 Å². The minimum atomic E-state index is -3.73. The van der Waals surface area contributed by atoms with Gasteiger partial charge in [-0.1, -0.05) is 0 Å². The minimum Gasteiger partial charge on any atom is -0.307 e. The summed E-state index contributed by atoms with van der Waals surface area (Å²) in [5.74, 6) is 0.547. The molecule has 0 aliphatic carbocycles. The van der Waals surface area contributed by atoms with Crippen LogP contribution in [0.15, 0.2) is 0 Å². The summed E-state index contributed by atoms with van der Waals surface area (Å²) < 4.78 is 22.7. The van der Waals surface area contributed by atoms with Crippen LogP contribution in [0.25, 0.3) is 0 Å². The summed E-state index contributed by atoms with van der Waals surface area (Å²) in [7, 11) is -3.73. The summed E-state index contributed by atoms with van der Waals surface area (Å²) in [6, 6.07) is 3.65. The average Bonchev–Trinajstić information content (AvgIpc) is 2.31. The second-order valence-corrected chi connectivity index (χ2v) is 6.42. The van der Waals surface area contributed by atoms with Crippen LogP contribution >= 0.6 is 19.4 Å². The zero-order chi connectivity index (χ0) is 13.4. The second kappa shape index (κ2) is 7.74. The van der Waals surface area contributed by atoms with Crippen molar-refractivity contribution in [1.82, 2.24) is 0 Å². The molecule has 0 bridgehead atoms. The van der Waals surface area contributed by atoms with Crippen molar-refractivity contribution in [2.24, 2.45) is 0 Å². The molecule has 0 unspecified atom stereocenters. The molecule has 5 nitrogen and oxygen atoms in total. The maximum Gasteiger partial charge on any atom is 0.365 e. The summed E-state index contributed by atoms with van der Waals surface area (Å²) in [5, 5.41) is 16.6. The van der Waals surface area contributed by atoms with Crippen molar-refractivity contribution in [2.45, 2.75) is 25.4 Å². The number of hydrogen-bond donors (Lipinski definition) is 0. The second-order valence-electron chi connectivity index (χ2n) is 3.16. The van der Waals surface area contributed by atoms with Gasteiger partial charge in [-0.3, -0.25) is 4.57 Å². The lowest BCUT2D eigenvalue weighted by atomic mass is 10.1. The molecule has 0 N–H and O–H groups in total. The number of nitriles is 2. The Bertz CT molecular complexity index is 338. The molecular weight excluding hydrogens is 259 g/mol. The monoisotopic (exact) mass is 276 g/mol. The zero-order valence-electron chi connectivity index (χ0n) is 10.3. The first kappa shape index (κ1) is 16.5. The van der Waals surface area contributed by atoms with Crippen LogP contribution in [0.3, 0.4) is 0 Å². The third-order valence-electron chi connectivity index (χ3n) is 2.10. The maximum atomic E-state index is 12.5. The normalized spacial score (nSPS) is 11.8. The molecule has 0 radical (unpaired) electrons. The molecule has 17 heavy (non-hydrogen) atoms. The topological polar surface area (TPSA) is 83.1 Å². The van der Waals surface area contributed by atoms with E-state index < -0.39 is 12.8 Å². The van der Waals surface area contributed by atoms with Gasteiger partial charge >= 0.3 is 7.60 Å². The van der Waals surface area contributed by atoms with Crippen molar-refractivity contribution in [1.29, 1.82) is 10.5 Å². The molecule has 0 heterocycles. The summed E-state index contributed by atoms with van der Waals surface area (Å²) in [6.07, 6.45) is 2.02. The lowest BCUT2D eigenvalue weighted by molar-refractivity contribution is 0.209. The minimum absolute atomic E-state index is 0.141. The number of hydrogen-bond acceptors (Lipinski definition) is 6. The standard InChI is InChI=1S/C10H17N2O3PS/c1-4-14-16(13,15-5-2)10(8-11,9-12)6-7-17-3/h4-7H2,1-3H3. The van der Waals surface area contributed by atoms with Crippen LogP contribution in [0, 0.1) is 22.7 Å². The fraction of sp³-hybridized carbons (Fsp3) is 0.800. The van der Waals surface area contributed by atoms with Gasteiger partial charge in [0.2, 0.25) is 5.16 Å². The van der Waals surface area contributed by atoms with Crippen LogP contribution in [0.5, 0.6) is 0 Å². The van der Waals surface area contributed by atoms with Crippen LogP contribution in [-0.2, 0) is 13.6 Å². The Morgan fingerprint density at radius 2 is 1.71 bits per heavy atom. The molecule has 0 aromatic rings. The highest BCUT2D eigenvalue weighted by atomic mass is 32.2. The van der Waals surface area contributed by atoms with Crippen molar-refractivity contribution >= 4 is 19.4 Å². The van der Waals surface area contributed by atoms with Crippen LogP contribution in [0.2, 0.25) is 0 Å². The molecule has 0 amide bonds. The van der Waals surface area contributed by atoms with E-state index in [0.29, 0.717) is 5.75 Å². The molecule has 0 saturated carbocycles. The fourth-order valence-electron chi connectivity index (χ4n) is 1.24. The van der Waals surface area contributed by atoms with E-state index in [4.69, 9.17) is 9.05 Å². The van der Waals surface area contributed by atoms with E-state index in [1.165, 1.54) is 11.8 Å². The van der Waals surface area contributed by atoms with Crippen LogP contribution in [0.4, 0.5) is 0 Å². The van der Waals surface area contributed by atoms with Gasteiger partial charge in [0.15, 0.2) is 0 Å². The fourth-order valence-corrected chi connectivity index (χ4v) is 3.73. The Balaban J connectivity index is 5.32. The van der Waals surface area contributed by atoms with E-state index in [-0.39, 0.29) is 19.6 Å². The van der Waals surface area contributed by atoms with Crippen LogP contribution in [0.1, 0.15) is 20.3 Å². The van der Waals surface area contributed by atoms with Crippen LogP contribution < -0.4 is 0 Å². The first-order valence-electron chi connectivity index (χ1n) is 5.26. The zero-order valence-corrected chi connectivity index (χ0v) is 12.0. The Morgan fingerprint density at radius 1 is 1.24 bits per heavy atom. The third kappa shape index (κ3) is 3.72. The number of rotatable bonds is 8. The quantitative estimate of drug-likeness (QED) is 0.634. The summed E-state index contributed by atoms with van der Waals surface area (Å²) >= 11 is 1.48. The van der Waals surface area contributed by atoms with E-state index in [1.54, 1.807) is 13.8 Å². The summed E-state index contributed by atoms with van der Waals surface area (Å²) in [6.45, 7) is 3.59. The van der Waals surface area contributed by atoms with Crippen molar-refractivity contribution in [3.05, 3.63) is 0 Å². The van der Waals surface area contributed by atoms with E-state index in [1.807, 2.05) is 18.4 Å². The highest BCUT2D eigenvalue weighted by Crippen LogP contribution is 2.61. The lowest BCUT2D eigenvalue weighted by Crippen LogP contribution is -2.28. The molecule has 0 rings (SSSR count). The molecular formula is C10H17N2O3PS. The molecule has 0 spiro atoms. The van der Waals surface area contributed by atoms with E-state index >= 15 is 0 Å². The molecule has 0 saturated heterocycles. The molecule has 7 heteroatoms. The Kier molecular flexibility index (Phi) is 7.50. The lowest BCUT2D eigenvalue weighted by Gasteiger charge is -2.27. The van der Waals surface area contributed by atoms with Gasteiger partial charge in [0.25, 0.3) is 0 Å². The van der Waals surface area contributed by atoms with Gasteiger partial charge in [-0.15, -0.1) is 0 Å². The van der Waals surface area contributed by atoms with Gasteiger partial charge in [0.1, 0.15) is 0 Å². The molecule has 0 aliphatic heterocycles. The van der Waals surface area contributed by atoms with Crippen LogP contribution in [-0.4, -0.2) is 30.4 Å². The van der Waals surface area contributed by atoms with Crippen molar-refractivity contribution < 1.29 is 13.6 Å². The molecule has 0 atom stereocenters. The van der Waals surface area contributed by atoms with Gasteiger partial charge in [0.05, 0.1) is 25.4 Å². The number of nitrogens with zero attached hydrogens (tertiary/aromatic N) is 2. The molecule has 96 valence electrons. The largest absolute Gasteiger partial charge is 0.365 e. The van der Waals surface area contributed by atoms with Gasteiger partial charge in [-0.2, -0.15) is 22.3 Å². The van der Waals surface area contributed by atoms with Gasteiger partial charge in [-0.05, 0) is 25.9 Å². The first-order chi connectivity index (χ1) is 8.05. The number of thioether (sulfide) groups is 1. The molecule has 0 aliphatic rings. The maximum absolute atomic E-state index is 12.5. The smallest absolute Gasteiger partial charge is 0.307 e. The Labute approximate surface area is 107 Å². The summed E-state index contributed by atoms with van der Waals surface area (Å²) in [5.41, 5.74) is 0. The predicted molar refractivity (Wildman–Crippen MR) is 67.8 cm³/mol. The van der Waals surface area contributed by atoms with Crippen molar-refractivity contribution in [3.8, 4) is 12.1 Å². The molecule has 0 fully saturated rings. The highest BCUT2D eigenvalue weighted by Gasteiger charge is 2.52. The van der Waals surface area contributed by atoms with E-state index in [9.17, 15) is 15.1 Å². The van der Waals surface area contributed by atoms with Gasteiger partial charge < -0.3 is 9.05 Å². The molecule has 0 aromatic carbocycles. The average molecular weight is 276 g/mol. The Morgan fingerprint density at radius 3 is 2.00 bits per heavy atom. The molecule has 0 aromatic heterocycles. The van der Waals surface area contributed by atoms with E-state index in [0.717, 1.165) is 0 Å². The Hall–Kier alpha value is -0.520. The summed E-state index contributed by atoms with van der Waals surface area (Å²) in [4.78, 5) is 0. The van der Waals surface area contributed by atoms with Crippen molar-refractivity contribution in [2.75, 3.05) is 25.2 Å². The van der Waals surface area contributed by atoms with Gasteiger partial charge in [-0.25, -0.2) is 0 Å². The van der Waals surface area contributed by atoms with Gasteiger partial charge in [0, 0.05) is 6.42 Å². The SMILES string of the molecule is CCOP(=O)(OCC)C(C#N)(C#N)CCSC. The first-order valence-corrected chi connectivity index (χ1v) is 8.20. The third-order valence-corrected chi connectivity index (χ3v) is 5.27. The highest BCUT2D eigenvalue weighted by molar-refractivity contribution is 7.98. The van der Waals surface area contributed by atoms with Crippen molar-refractivity contribution in [3.63, 3.8) is 0 Å².